The van der Waals surface area contributed by atoms with E-state index in [4.69, 9.17) is 16.3 Å². The first-order chi connectivity index (χ1) is 7.61. The van der Waals surface area contributed by atoms with Crippen LogP contribution in [-0.2, 0) is 9.53 Å². The zero-order chi connectivity index (χ0) is 12.0. The largest absolute Gasteiger partial charge is 0.385 e. The van der Waals surface area contributed by atoms with Crippen LogP contribution >= 0.6 is 11.6 Å². The van der Waals surface area contributed by atoms with E-state index >= 15 is 0 Å². The number of nitrogens with zero attached hydrogens (tertiary/aromatic N) is 2. The van der Waals surface area contributed by atoms with Crippen molar-refractivity contribution in [3.63, 3.8) is 0 Å². The Balaban J connectivity index is 2.49. The van der Waals surface area contributed by atoms with Gasteiger partial charge in [-0.1, -0.05) is 11.6 Å². The first-order valence-corrected chi connectivity index (χ1v) is 5.29. The van der Waals surface area contributed by atoms with Gasteiger partial charge in [0.1, 0.15) is 5.15 Å². The first kappa shape index (κ1) is 12.9. The molecule has 16 heavy (non-hydrogen) atoms. The molecule has 5 nitrogen and oxygen atoms in total. The number of amides is 1. The highest BCUT2D eigenvalue weighted by Gasteiger charge is 2.05. The average Bonchev–Trinajstić information content (AvgIpc) is 2.16. The quantitative estimate of drug-likeness (QED) is 0.633. The summed E-state index contributed by atoms with van der Waals surface area (Å²) in [5, 5.41) is 2.90. The molecule has 88 valence electrons. The molecule has 0 spiro atoms. The summed E-state index contributed by atoms with van der Waals surface area (Å²) in [4.78, 5) is 19.4. The van der Waals surface area contributed by atoms with E-state index < -0.39 is 0 Å². The van der Waals surface area contributed by atoms with Crippen molar-refractivity contribution in [2.45, 2.75) is 19.8 Å². The summed E-state index contributed by atoms with van der Waals surface area (Å²) in [5.41, 5.74) is 0.715. The molecule has 6 heteroatoms. The molecule has 0 aromatic carbocycles. The fraction of sp³-hybridized carbons (Fsp3) is 0.500. The average molecular weight is 244 g/mol. The minimum Gasteiger partial charge on any atom is -0.385 e. The van der Waals surface area contributed by atoms with Crippen LogP contribution in [-0.4, -0.2) is 29.6 Å². The van der Waals surface area contributed by atoms with Gasteiger partial charge in [0.25, 0.3) is 0 Å². The zero-order valence-electron chi connectivity index (χ0n) is 9.29. The highest BCUT2D eigenvalue weighted by atomic mass is 35.5. The molecule has 0 bridgehead atoms. The monoisotopic (exact) mass is 243 g/mol. The Morgan fingerprint density at radius 3 is 2.94 bits per heavy atom. The molecule has 0 aliphatic rings. The third kappa shape index (κ3) is 4.55. The van der Waals surface area contributed by atoms with Crippen molar-refractivity contribution < 1.29 is 9.53 Å². The minimum atomic E-state index is -0.140. The summed E-state index contributed by atoms with van der Waals surface area (Å²) in [6, 6.07) is 1.63. The number of carbonyl (C=O) groups excluding carboxylic acids is 1. The van der Waals surface area contributed by atoms with Crippen LogP contribution < -0.4 is 5.32 Å². The normalized spacial score (nSPS) is 10.2. The van der Waals surface area contributed by atoms with Crippen LogP contribution in [0.25, 0.3) is 0 Å². The lowest BCUT2D eigenvalue weighted by Crippen LogP contribution is -2.14. The van der Waals surface area contributed by atoms with E-state index in [9.17, 15) is 4.79 Å². The van der Waals surface area contributed by atoms with Crippen molar-refractivity contribution in [1.29, 1.82) is 0 Å². The fourth-order valence-electron chi connectivity index (χ4n) is 1.15. The molecule has 0 aliphatic carbocycles. The molecule has 0 atom stereocenters. The number of anilines is 1. The van der Waals surface area contributed by atoms with E-state index in [0.29, 0.717) is 30.3 Å². The second-order valence-corrected chi connectivity index (χ2v) is 3.69. The van der Waals surface area contributed by atoms with Gasteiger partial charge in [-0.25, -0.2) is 9.97 Å². The number of methoxy groups -OCH3 is 1. The summed E-state index contributed by atoms with van der Waals surface area (Å²) < 4.78 is 4.85. The van der Waals surface area contributed by atoms with Gasteiger partial charge in [0.15, 0.2) is 0 Å². The number of carbonyl (C=O) groups is 1. The number of rotatable bonds is 5. The van der Waals surface area contributed by atoms with Crippen LogP contribution in [0.15, 0.2) is 6.07 Å². The molecule has 0 unspecified atom stereocenters. The van der Waals surface area contributed by atoms with Crippen molar-refractivity contribution in [3.05, 3.63) is 16.9 Å². The number of nitrogens with one attached hydrogen (secondary N) is 1. The molecule has 0 fully saturated rings. The van der Waals surface area contributed by atoms with Crippen molar-refractivity contribution >= 4 is 23.5 Å². The summed E-state index contributed by atoms with van der Waals surface area (Å²) in [7, 11) is 1.60. The summed E-state index contributed by atoms with van der Waals surface area (Å²) in [6.07, 6.45) is 1.05. The van der Waals surface area contributed by atoms with Gasteiger partial charge >= 0.3 is 0 Å². The number of aromatic nitrogens is 2. The van der Waals surface area contributed by atoms with Gasteiger partial charge < -0.3 is 4.74 Å². The third-order valence-electron chi connectivity index (χ3n) is 1.83. The number of aryl methyl sites for hydroxylation is 1. The lowest BCUT2D eigenvalue weighted by atomic mass is 10.3. The molecule has 1 aromatic heterocycles. The summed E-state index contributed by atoms with van der Waals surface area (Å²) >= 11 is 5.74. The second kappa shape index (κ2) is 6.40. The van der Waals surface area contributed by atoms with Gasteiger partial charge in [-0.05, 0) is 19.4 Å². The van der Waals surface area contributed by atoms with Crippen molar-refractivity contribution in [1.82, 2.24) is 9.97 Å². The van der Waals surface area contributed by atoms with Crippen LogP contribution in [0.2, 0.25) is 5.15 Å². The van der Waals surface area contributed by atoms with Crippen molar-refractivity contribution in [2.24, 2.45) is 0 Å². The highest BCUT2D eigenvalue weighted by Crippen LogP contribution is 2.09. The van der Waals surface area contributed by atoms with Gasteiger partial charge in [0, 0.05) is 25.8 Å². The number of hydrogen-bond donors (Lipinski definition) is 1. The Morgan fingerprint density at radius 1 is 1.56 bits per heavy atom. The van der Waals surface area contributed by atoms with Crippen LogP contribution in [0.5, 0.6) is 0 Å². The molecule has 1 rings (SSSR count). The lowest BCUT2D eigenvalue weighted by Gasteiger charge is -2.04. The van der Waals surface area contributed by atoms with E-state index in [1.165, 1.54) is 0 Å². The molecule has 0 aliphatic heterocycles. The topological polar surface area (TPSA) is 64.1 Å². The molecule has 1 N–H and O–H groups in total. The molecule has 0 saturated carbocycles. The fourth-order valence-corrected chi connectivity index (χ4v) is 1.39. The smallest absolute Gasteiger partial charge is 0.231 e. The molecule has 1 amide bonds. The van der Waals surface area contributed by atoms with E-state index in [2.05, 4.69) is 15.3 Å². The van der Waals surface area contributed by atoms with Crippen LogP contribution in [0.1, 0.15) is 18.5 Å². The van der Waals surface area contributed by atoms with E-state index in [1.54, 1.807) is 20.1 Å². The maximum atomic E-state index is 11.4. The molecular weight excluding hydrogens is 230 g/mol. The van der Waals surface area contributed by atoms with Gasteiger partial charge in [-0.15, -0.1) is 0 Å². The van der Waals surface area contributed by atoms with Crippen LogP contribution in [0.4, 0.5) is 5.95 Å². The molecule has 1 aromatic rings. The number of halogens is 1. The Labute approximate surface area is 99.2 Å². The Hall–Kier alpha value is -1.20. The Bertz CT molecular complexity index is 351. The Kier molecular flexibility index (Phi) is 5.14. The van der Waals surface area contributed by atoms with Gasteiger partial charge in [-0.2, -0.15) is 0 Å². The highest BCUT2D eigenvalue weighted by molar-refractivity contribution is 6.29. The molecule has 1 heterocycles. The molecule has 0 radical (unpaired) electrons. The van der Waals surface area contributed by atoms with Crippen LogP contribution in [0.3, 0.4) is 0 Å². The lowest BCUT2D eigenvalue weighted by molar-refractivity contribution is -0.116. The predicted octanol–water partition coefficient (Wildman–Crippen LogP) is 1.80. The molecule has 0 saturated heterocycles. The van der Waals surface area contributed by atoms with E-state index in [1.807, 2.05) is 0 Å². The maximum Gasteiger partial charge on any atom is 0.231 e. The number of hydrogen-bond acceptors (Lipinski definition) is 4. The maximum absolute atomic E-state index is 11.4. The van der Waals surface area contributed by atoms with E-state index in [-0.39, 0.29) is 11.9 Å². The van der Waals surface area contributed by atoms with Crippen molar-refractivity contribution in [2.75, 3.05) is 19.0 Å². The SMILES string of the molecule is COCCCC(=O)Nc1nc(C)cc(Cl)n1. The van der Waals surface area contributed by atoms with Gasteiger partial charge in [0.05, 0.1) is 0 Å². The first-order valence-electron chi connectivity index (χ1n) is 4.92. The standard InChI is InChI=1S/C10H14ClN3O2/c1-7-6-8(11)13-10(12-7)14-9(15)4-3-5-16-2/h6H,3-5H2,1-2H3,(H,12,13,14,15). The zero-order valence-corrected chi connectivity index (χ0v) is 10.0. The third-order valence-corrected chi connectivity index (χ3v) is 2.02. The van der Waals surface area contributed by atoms with Gasteiger partial charge in [-0.3, -0.25) is 10.1 Å². The van der Waals surface area contributed by atoms with Crippen molar-refractivity contribution in [3.8, 4) is 0 Å². The summed E-state index contributed by atoms with van der Waals surface area (Å²) in [6.45, 7) is 2.34. The summed E-state index contributed by atoms with van der Waals surface area (Å²) in [5.74, 6) is 0.103. The van der Waals surface area contributed by atoms with Gasteiger partial charge in [0.2, 0.25) is 11.9 Å². The van der Waals surface area contributed by atoms with E-state index in [0.717, 1.165) is 0 Å². The predicted molar refractivity (Wildman–Crippen MR) is 61.5 cm³/mol. The second-order valence-electron chi connectivity index (χ2n) is 3.30. The minimum absolute atomic E-state index is 0.140. The van der Waals surface area contributed by atoms with Crippen LogP contribution in [0, 0.1) is 6.92 Å². The molecular formula is C10H14ClN3O2. The Morgan fingerprint density at radius 2 is 2.31 bits per heavy atom. The number of ether oxygens (including phenoxy) is 1.